The van der Waals surface area contributed by atoms with Crippen molar-refractivity contribution in [2.24, 2.45) is 0 Å². The molecule has 0 radical (unpaired) electrons. The summed E-state index contributed by atoms with van der Waals surface area (Å²) >= 11 is 0. The Bertz CT molecular complexity index is 948. The predicted molar refractivity (Wildman–Crippen MR) is 129 cm³/mol. The van der Waals surface area contributed by atoms with Crippen LogP contribution in [0.5, 0.6) is 17.2 Å². The second-order valence-electron chi connectivity index (χ2n) is 7.32. The highest BCUT2D eigenvalue weighted by molar-refractivity contribution is 5.98. The van der Waals surface area contributed by atoms with E-state index in [0.29, 0.717) is 49.0 Å². The Morgan fingerprint density at radius 1 is 0.944 bits per heavy atom. The van der Waals surface area contributed by atoms with E-state index in [1.165, 1.54) is 20.1 Å². The molecule has 1 unspecified atom stereocenters. The highest BCUT2D eigenvalue weighted by Gasteiger charge is 2.31. The number of likely N-dealkylation sites (N-methyl/N-ethyl adjacent to an activating group) is 1. The molecule has 1 saturated heterocycles. The number of hydrogen-bond acceptors (Lipinski definition) is 10. The summed E-state index contributed by atoms with van der Waals surface area (Å²) in [4.78, 5) is 50.4. The minimum atomic E-state index is -1.26. The maximum absolute atomic E-state index is 12.8. The number of ketones is 1. The second kappa shape index (κ2) is 15.2. The van der Waals surface area contributed by atoms with Crippen LogP contribution in [0, 0.1) is 0 Å². The van der Waals surface area contributed by atoms with E-state index in [9.17, 15) is 19.2 Å². The zero-order valence-corrected chi connectivity index (χ0v) is 20.9. The molecule has 0 saturated carbocycles. The lowest BCUT2D eigenvalue weighted by Gasteiger charge is -2.38. The molecule has 1 aliphatic heterocycles. The number of hydrogen-bond donors (Lipinski definition) is 2. The zero-order chi connectivity index (χ0) is 27.3. The number of aliphatic carboxylic acids is 2. The van der Waals surface area contributed by atoms with Crippen molar-refractivity contribution in [1.29, 1.82) is 0 Å². The van der Waals surface area contributed by atoms with Gasteiger partial charge in [0.1, 0.15) is 0 Å². The lowest BCUT2D eigenvalue weighted by Crippen LogP contribution is -2.56. The van der Waals surface area contributed by atoms with Crippen molar-refractivity contribution in [1.82, 2.24) is 9.96 Å². The predicted octanol–water partition coefficient (Wildman–Crippen LogP) is 1.49. The van der Waals surface area contributed by atoms with Gasteiger partial charge < -0.3 is 29.3 Å². The monoisotopic (exact) mass is 508 g/mol. The van der Waals surface area contributed by atoms with Gasteiger partial charge >= 0.3 is 17.9 Å². The van der Waals surface area contributed by atoms with Crippen LogP contribution in [0.25, 0.3) is 6.08 Å². The molecular formula is C24H32N2O10. The van der Waals surface area contributed by atoms with Gasteiger partial charge in [-0.2, -0.15) is 0 Å². The van der Waals surface area contributed by atoms with E-state index in [2.05, 4.69) is 4.90 Å². The van der Waals surface area contributed by atoms with E-state index >= 15 is 0 Å². The smallest absolute Gasteiger partial charge is 0.328 e. The Labute approximate surface area is 209 Å². The summed E-state index contributed by atoms with van der Waals surface area (Å²) in [5.41, 5.74) is 0.749. The van der Waals surface area contributed by atoms with Crippen LogP contribution in [-0.4, -0.2) is 97.4 Å². The highest BCUT2D eigenvalue weighted by atomic mass is 16.7. The molecule has 12 nitrogen and oxygen atoms in total. The van der Waals surface area contributed by atoms with Gasteiger partial charge in [0.05, 0.1) is 33.9 Å². The first-order chi connectivity index (χ1) is 17.1. The number of carboxylic acids is 2. The summed E-state index contributed by atoms with van der Waals surface area (Å²) < 4.78 is 16.0. The van der Waals surface area contributed by atoms with Gasteiger partial charge in [0.2, 0.25) is 5.75 Å². The molecule has 0 bridgehead atoms. The van der Waals surface area contributed by atoms with Gasteiger partial charge in [-0.1, -0.05) is 13.0 Å². The number of ether oxygens (including phenoxy) is 3. The van der Waals surface area contributed by atoms with Crippen molar-refractivity contribution < 1.29 is 48.4 Å². The standard InChI is InChI=1S/C20H28N2O6.C4H4O4/c1-6-21-9-10-22(28-14(2)23)13-16(21)17(24)8-7-15-11-18(25-3)20(27-5)19(12-15)26-4;5-3(6)1-2-4(7)8/h7-8,11-12,16H,6,9-10,13H2,1-5H3;1-2H,(H,5,6)(H,7,8)/b;2-1-. The number of carboxylic acid groups (broad SMARTS) is 2. The molecule has 36 heavy (non-hydrogen) atoms. The zero-order valence-electron chi connectivity index (χ0n) is 20.9. The minimum absolute atomic E-state index is 0.0625. The molecule has 1 heterocycles. The Hall–Kier alpha value is -3.90. The quantitative estimate of drug-likeness (QED) is 0.440. The van der Waals surface area contributed by atoms with Crippen LogP contribution < -0.4 is 14.2 Å². The third-order valence-electron chi connectivity index (χ3n) is 4.94. The summed E-state index contributed by atoms with van der Waals surface area (Å²) in [6.07, 6.45) is 4.36. The van der Waals surface area contributed by atoms with Crippen molar-refractivity contribution in [2.75, 3.05) is 47.5 Å². The fraction of sp³-hybridized carbons (Fsp3) is 0.417. The fourth-order valence-electron chi connectivity index (χ4n) is 3.34. The first-order valence-corrected chi connectivity index (χ1v) is 10.9. The van der Waals surface area contributed by atoms with Crippen LogP contribution in [0.1, 0.15) is 19.4 Å². The molecule has 1 atom stereocenters. The Morgan fingerprint density at radius 2 is 1.50 bits per heavy atom. The average molecular weight is 509 g/mol. The van der Waals surface area contributed by atoms with Crippen molar-refractivity contribution in [3.63, 3.8) is 0 Å². The summed E-state index contributed by atoms with van der Waals surface area (Å²) in [5, 5.41) is 17.2. The van der Waals surface area contributed by atoms with E-state index in [1.54, 1.807) is 37.5 Å². The van der Waals surface area contributed by atoms with Crippen molar-refractivity contribution in [2.45, 2.75) is 19.9 Å². The van der Waals surface area contributed by atoms with Crippen molar-refractivity contribution >= 4 is 29.8 Å². The topological polar surface area (TPSA) is 152 Å². The summed E-state index contributed by atoms with van der Waals surface area (Å²) in [5.74, 6) is -1.43. The first kappa shape index (κ1) is 30.1. The maximum Gasteiger partial charge on any atom is 0.328 e. The van der Waals surface area contributed by atoms with Gasteiger partial charge in [-0.15, -0.1) is 5.06 Å². The Kier molecular flexibility index (Phi) is 12.7. The van der Waals surface area contributed by atoms with Crippen LogP contribution in [0.2, 0.25) is 0 Å². The summed E-state index contributed by atoms with van der Waals surface area (Å²) in [6, 6.07) is 3.17. The fourth-order valence-corrected chi connectivity index (χ4v) is 3.34. The normalized spacial score (nSPS) is 16.2. The number of benzene rings is 1. The maximum atomic E-state index is 12.8. The number of piperazine rings is 1. The van der Waals surface area contributed by atoms with Gasteiger partial charge in [-0.05, 0) is 30.3 Å². The third kappa shape index (κ3) is 9.76. The van der Waals surface area contributed by atoms with E-state index in [-0.39, 0.29) is 17.8 Å². The van der Waals surface area contributed by atoms with Crippen molar-refractivity contribution in [3.8, 4) is 17.2 Å². The molecule has 1 aliphatic rings. The van der Waals surface area contributed by atoms with Crippen LogP contribution in [-0.2, 0) is 24.0 Å². The van der Waals surface area contributed by atoms with Crippen LogP contribution >= 0.6 is 0 Å². The number of nitrogens with zero attached hydrogens (tertiary/aromatic N) is 2. The Morgan fingerprint density at radius 3 is 1.92 bits per heavy atom. The van der Waals surface area contributed by atoms with Crippen molar-refractivity contribution in [3.05, 3.63) is 35.9 Å². The van der Waals surface area contributed by atoms with Crippen LogP contribution in [0.15, 0.2) is 30.4 Å². The van der Waals surface area contributed by atoms with E-state index in [0.717, 1.165) is 12.1 Å². The number of carbonyl (C=O) groups is 4. The molecule has 198 valence electrons. The molecule has 0 amide bonds. The van der Waals surface area contributed by atoms with E-state index < -0.39 is 11.9 Å². The number of hydroxylamine groups is 2. The second-order valence-corrected chi connectivity index (χ2v) is 7.32. The molecule has 1 aromatic rings. The molecular weight excluding hydrogens is 476 g/mol. The largest absolute Gasteiger partial charge is 0.493 e. The van der Waals surface area contributed by atoms with E-state index in [1.807, 2.05) is 6.92 Å². The van der Waals surface area contributed by atoms with Crippen LogP contribution in [0.4, 0.5) is 0 Å². The van der Waals surface area contributed by atoms with Gasteiger partial charge in [0.15, 0.2) is 17.3 Å². The number of carbonyl (C=O) groups excluding carboxylic acids is 2. The molecule has 12 heteroatoms. The molecule has 2 N–H and O–H groups in total. The molecule has 1 aromatic carbocycles. The lowest BCUT2D eigenvalue weighted by atomic mass is 10.1. The van der Waals surface area contributed by atoms with E-state index in [4.69, 9.17) is 29.3 Å². The minimum Gasteiger partial charge on any atom is -0.493 e. The highest BCUT2D eigenvalue weighted by Crippen LogP contribution is 2.38. The summed E-state index contributed by atoms with van der Waals surface area (Å²) in [7, 11) is 4.62. The third-order valence-corrected chi connectivity index (χ3v) is 4.94. The molecule has 1 fully saturated rings. The van der Waals surface area contributed by atoms with Gasteiger partial charge in [0, 0.05) is 32.2 Å². The van der Waals surface area contributed by atoms with Gasteiger partial charge in [-0.25, -0.2) is 9.59 Å². The Balaban J connectivity index is 0.000000697. The van der Waals surface area contributed by atoms with Gasteiger partial charge in [0.25, 0.3) is 0 Å². The van der Waals surface area contributed by atoms with Gasteiger partial charge in [-0.3, -0.25) is 14.5 Å². The summed E-state index contributed by atoms with van der Waals surface area (Å²) in [6.45, 7) is 5.66. The molecule has 0 aromatic heterocycles. The SMILES string of the molecule is CCN1CCN(OC(C)=O)CC1C(=O)C=Cc1cc(OC)c(OC)c(OC)c1.O=C(O)/C=C\C(=O)O. The molecule has 0 aliphatic carbocycles. The number of rotatable bonds is 10. The van der Waals surface area contributed by atoms with Crippen LogP contribution in [0.3, 0.4) is 0 Å². The molecule has 0 spiro atoms. The number of methoxy groups -OCH3 is 3. The first-order valence-electron chi connectivity index (χ1n) is 10.9. The molecule has 2 rings (SSSR count). The lowest BCUT2D eigenvalue weighted by molar-refractivity contribution is -0.199. The average Bonchev–Trinajstić information content (AvgIpc) is 2.85.